The molecule has 0 aromatic heterocycles. The highest BCUT2D eigenvalue weighted by Crippen LogP contribution is 2.38. The van der Waals surface area contributed by atoms with E-state index in [1.807, 2.05) is 12.1 Å². The predicted octanol–water partition coefficient (Wildman–Crippen LogP) is 2.26. The van der Waals surface area contributed by atoms with Crippen LogP contribution in [-0.2, 0) is 16.1 Å². The Kier molecular flexibility index (Phi) is 5.25. The van der Waals surface area contributed by atoms with Gasteiger partial charge in [-0.2, -0.15) is 0 Å². The van der Waals surface area contributed by atoms with E-state index in [2.05, 4.69) is 26.0 Å². The second-order valence-corrected chi connectivity index (χ2v) is 5.44. The van der Waals surface area contributed by atoms with Gasteiger partial charge in [0.05, 0.1) is 24.8 Å². The van der Waals surface area contributed by atoms with Crippen molar-refractivity contribution in [3.8, 4) is 11.5 Å². The van der Waals surface area contributed by atoms with Crippen molar-refractivity contribution in [2.45, 2.75) is 25.9 Å². The number of nitrogens with one attached hydrogen (secondary N) is 1. The average Bonchev–Trinajstić information content (AvgIpc) is 2.69. The lowest BCUT2D eigenvalue weighted by atomic mass is 10.2. The second kappa shape index (κ2) is 6.95. The fourth-order valence-electron chi connectivity index (χ4n) is 1.92. The van der Waals surface area contributed by atoms with E-state index in [4.69, 9.17) is 9.47 Å². The van der Waals surface area contributed by atoms with Crippen molar-refractivity contribution < 1.29 is 19.0 Å². The first-order valence-electron chi connectivity index (χ1n) is 6.51. The zero-order valence-corrected chi connectivity index (χ0v) is 13.2. The summed E-state index contributed by atoms with van der Waals surface area (Å²) in [5.74, 6) is 1.20. The number of esters is 1. The molecule has 6 heteroatoms. The molecule has 0 aliphatic carbocycles. The van der Waals surface area contributed by atoms with E-state index < -0.39 is 0 Å². The lowest BCUT2D eigenvalue weighted by molar-refractivity contribution is -0.142. The molecule has 1 atom stereocenters. The highest BCUT2D eigenvalue weighted by atomic mass is 79.9. The molecule has 0 radical (unpaired) electrons. The molecule has 1 aromatic carbocycles. The summed E-state index contributed by atoms with van der Waals surface area (Å²) in [7, 11) is 1.38. The fraction of sp³-hybridized carbons (Fsp3) is 0.500. The number of hydrogen-bond acceptors (Lipinski definition) is 5. The molecule has 0 fully saturated rings. The number of rotatable bonds is 4. The Bertz CT molecular complexity index is 492. The molecule has 0 saturated heterocycles. The van der Waals surface area contributed by atoms with Crippen LogP contribution in [0.2, 0.25) is 0 Å². The van der Waals surface area contributed by atoms with Gasteiger partial charge in [0, 0.05) is 13.0 Å². The third kappa shape index (κ3) is 3.64. The first-order chi connectivity index (χ1) is 9.61. The Morgan fingerprint density at radius 2 is 2.20 bits per heavy atom. The molecular formula is C14H18BrNO4. The first kappa shape index (κ1) is 15.1. The Hall–Kier alpha value is -1.27. The number of halogens is 1. The summed E-state index contributed by atoms with van der Waals surface area (Å²) >= 11 is 3.49. The third-order valence-corrected chi connectivity index (χ3v) is 3.62. The number of hydrogen-bond donors (Lipinski definition) is 1. The molecule has 1 aliphatic heterocycles. The molecule has 0 bridgehead atoms. The van der Waals surface area contributed by atoms with Gasteiger partial charge >= 0.3 is 5.97 Å². The monoisotopic (exact) mass is 343 g/mol. The molecule has 1 N–H and O–H groups in total. The summed E-state index contributed by atoms with van der Waals surface area (Å²) in [5, 5.41) is 3.11. The first-order valence-corrected chi connectivity index (χ1v) is 7.30. The van der Waals surface area contributed by atoms with Crippen molar-refractivity contribution in [2.24, 2.45) is 0 Å². The predicted molar refractivity (Wildman–Crippen MR) is 78.1 cm³/mol. The number of carbonyl (C=O) groups is 1. The van der Waals surface area contributed by atoms with Gasteiger partial charge in [-0.05, 0) is 40.5 Å². The minimum atomic E-state index is -0.352. The second-order valence-electron chi connectivity index (χ2n) is 4.58. The molecular weight excluding hydrogens is 326 g/mol. The third-order valence-electron chi connectivity index (χ3n) is 3.03. The van der Waals surface area contributed by atoms with Gasteiger partial charge in [0.2, 0.25) is 0 Å². The molecule has 20 heavy (non-hydrogen) atoms. The Labute approximate surface area is 126 Å². The number of ether oxygens (including phenoxy) is 3. The van der Waals surface area contributed by atoms with E-state index in [-0.39, 0.29) is 12.0 Å². The van der Waals surface area contributed by atoms with Crippen LogP contribution < -0.4 is 14.8 Å². The van der Waals surface area contributed by atoms with Gasteiger partial charge in [-0.15, -0.1) is 0 Å². The summed E-state index contributed by atoms with van der Waals surface area (Å²) in [6.45, 7) is 3.62. The van der Waals surface area contributed by atoms with Crippen molar-refractivity contribution in [1.29, 1.82) is 0 Å². The molecule has 0 spiro atoms. The highest BCUT2D eigenvalue weighted by molar-refractivity contribution is 9.10. The van der Waals surface area contributed by atoms with Crippen molar-refractivity contribution in [1.82, 2.24) is 5.32 Å². The Morgan fingerprint density at radius 1 is 1.45 bits per heavy atom. The number of benzene rings is 1. The fourth-order valence-corrected chi connectivity index (χ4v) is 2.52. The normalized spacial score (nSPS) is 15.3. The van der Waals surface area contributed by atoms with Gasteiger partial charge in [0.1, 0.15) is 6.04 Å². The summed E-state index contributed by atoms with van der Waals surface area (Å²) in [5.41, 5.74) is 1.01. The van der Waals surface area contributed by atoms with Crippen LogP contribution in [-0.4, -0.2) is 32.3 Å². The lowest BCUT2D eigenvalue weighted by Crippen LogP contribution is -2.34. The largest absolute Gasteiger partial charge is 0.490 e. The minimum absolute atomic E-state index is 0.279. The zero-order valence-electron chi connectivity index (χ0n) is 11.6. The summed E-state index contributed by atoms with van der Waals surface area (Å²) in [4.78, 5) is 11.3. The van der Waals surface area contributed by atoms with Crippen LogP contribution in [0.1, 0.15) is 18.9 Å². The maximum atomic E-state index is 11.3. The Balaban J connectivity index is 2.08. The van der Waals surface area contributed by atoms with Crippen LogP contribution in [0.3, 0.4) is 0 Å². The van der Waals surface area contributed by atoms with E-state index in [0.29, 0.717) is 19.8 Å². The maximum absolute atomic E-state index is 11.3. The van der Waals surface area contributed by atoms with E-state index in [9.17, 15) is 4.79 Å². The number of carbonyl (C=O) groups excluding carboxylic acids is 1. The van der Waals surface area contributed by atoms with E-state index >= 15 is 0 Å². The summed E-state index contributed by atoms with van der Waals surface area (Å²) in [6, 6.07) is 3.54. The lowest BCUT2D eigenvalue weighted by Gasteiger charge is -2.14. The molecule has 0 saturated carbocycles. The molecule has 1 aromatic rings. The average molecular weight is 344 g/mol. The molecule has 0 amide bonds. The van der Waals surface area contributed by atoms with Crippen LogP contribution in [0.25, 0.3) is 0 Å². The van der Waals surface area contributed by atoms with Crippen molar-refractivity contribution in [2.75, 3.05) is 20.3 Å². The minimum Gasteiger partial charge on any atom is -0.490 e. The van der Waals surface area contributed by atoms with Gasteiger partial charge in [-0.25, -0.2) is 0 Å². The van der Waals surface area contributed by atoms with Gasteiger partial charge < -0.3 is 19.5 Å². The van der Waals surface area contributed by atoms with E-state index in [1.165, 1.54) is 7.11 Å². The van der Waals surface area contributed by atoms with Crippen molar-refractivity contribution in [3.05, 3.63) is 22.2 Å². The van der Waals surface area contributed by atoms with Crippen LogP contribution >= 0.6 is 15.9 Å². The van der Waals surface area contributed by atoms with E-state index in [1.54, 1.807) is 6.92 Å². The standard InChI is InChI=1S/C14H18BrNO4/c1-9(14(17)18-2)16-8-10-6-11(15)13-12(7-10)19-4-3-5-20-13/h6-7,9,16H,3-5,8H2,1-2H3/t9-/m0/s1. The molecule has 1 heterocycles. The van der Waals surface area contributed by atoms with Gasteiger partial charge in [0.15, 0.2) is 11.5 Å². The molecule has 110 valence electrons. The maximum Gasteiger partial charge on any atom is 0.322 e. The van der Waals surface area contributed by atoms with Gasteiger partial charge in [0.25, 0.3) is 0 Å². The SMILES string of the molecule is COC(=O)[C@H](C)NCc1cc(Br)c2c(c1)OCCCO2. The smallest absolute Gasteiger partial charge is 0.322 e. The van der Waals surface area contributed by atoms with Gasteiger partial charge in [-0.3, -0.25) is 4.79 Å². The summed E-state index contributed by atoms with van der Waals surface area (Å²) in [6.07, 6.45) is 0.869. The number of fused-ring (bicyclic) bond motifs is 1. The summed E-state index contributed by atoms with van der Waals surface area (Å²) < 4.78 is 16.9. The van der Waals surface area contributed by atoms with Crippen LogP contribution in [0.5, 0.6) is 11.5 Å². The Morgan fingerprint density at radius 3 is 2.95 bits per heavy atom. The topological polar surface area (TPSA) is 56.8 Å². The van der Waals surface area contributed by atoms with Crippen molar-refractivity contribution >= 4 is 21.9 Å². The van der Waals surface area contributed by atoms with Crippen LogP contribution in [0, 0.1) is 0 Å². The zero-order chi connectivity index (χ0) is 14.5. The van der Waals surface area contributed by atoms with E-state index in [0.717, 1.165) is 28.0 Å². The molecule has 2 rings (SSSR count). The van der Waals surface area contributed by atoms with Gasteiger partial charge in [-0.1, -0.05) is 0 Å². The molecule has 1 aliphatic rings. The highest BCUT2D eigenvalue weighted by Gasteiger charge is 2.16. The van der Waals surface area contributed by atoms with Crippen molar-refractivity contribution in [3.63, 3.8) is 0 Å². The van der Waals surface area contributed by atoms with Crippen LogP contribution in [0.15, 0.2) is 16.6 Å². The quantitative estimate of drug-likeness (QED) is 0.850. The number of methoxy groups -OCH3 is 1. The molecule has 5 nitrogen and oxygen atoms in total. The van der Waals surface area contributed by atoms with Crippen LogP contribution in [0.4, 0.5) is 0 Å². The molecule has 0 unspecified atom stereocenters.